The molecule has 4 heteroatoms. The minimum Gasteiger partial charge on any atom is -0.497 e. The van der Waals surface area contributed by atoms with E-state index in [1.807, 2.05) is 0 Å². The molecule has 0 aliphatic rings. The van der Waals surface area contributed by atoms with E-state index < -0.39 is 0 Å². The second-order valence-electron chi connectivity index (χ2n) is 4.01. The van der Waals surface area contributed by atoms with Crippen LogP contribution in [0, 0.1) is 5.82 Å². The van der Waals surface area contributed by atoms with Gasteiger partial charge in [0.05, 0.1) is 7.11 Å². The number of ether oxygens (including phenoxy) is 1. The standard InChI is InChI=1S/C15H14FNO2/c1-17-15(18)11-5-3-4-10(8-11)13-9-12(19-2)6-7-14(13)16/h3-9H,1-2H3,(H,17,18). The van der Waals surface area contributed by atoms with Crippen LogP contribution in [0.3, 0.4) is 0 Å². The molecule has 2 aromatic rings. The smallest absolute Gasteiger partial charge is 0.251 e. The van der Waals surface area contributed by atoms with Crippen LogP contribution in [0.25, 0.3) is 11.1 Å². The number of benzene rings is 2. The van der Waals surface area contributed by atoms with Crippen molar-refractivity contribution >= 4 is 5.91 Å². The van der Waals surface area contributed by atoms with Gasteiger partial charge < -0.3 is 10.1 Å². The van der Waals surface area contributed by atoms with Gasteiger partial charge in [0, 0.05) is 18.2 Å². The summed E-state index contributed by atoms with van der Waals surface area (Å²) in [6.07, 6.45) is 0. The first-order valence-electron chi connectivity index (χ1n) is 5.81. The highest BCUT2D eigenvalue weighted by molar-refractivity contribution is 5.95. The Morgan fingerprint density at radius 3 is 2.68 bits per heavy atom. The van der Waals surface area contributed by atoms with E-state index in [0.717, 1.165) is 0 Å². The second kappa shape index (κ2) is 5.52. The normalized spacial score (nSPS) is 10.1. The molecule has 0 saturated heterocycles. The van der Waals surface area contributed by atoms with Crippen LogP contribution in [0.4, 0.5) is 4.39 Å². The molecule has 0 radical (unpaired) electrons. The first-order chi connectivity index (χ1) is 9.15. The summed E-state index contributed by atoms with van der Waals surface area (Å²) < 4.78 is 18.9. The molecule has 0 saturated carbocycles. The molecule has 0 unspecified atom stereocenters. The summed E-state index contributed by atoms with van der Waals surface area (Å²) in [4.78, 5) is 11.6. The Bertz CT molecular complexity index is 611. The zero-order valence-corrected chi connectivity index (χ0v) is 10.7. The summed E-state index contributed by atoms with van der Waals surface area (Å²) in [6.45, 7) is 0. The first kappa shape index (κ1) is 13.1. The molecule has 19 heavy (non-hydrogen) atoms. The molecule has 3 nitrogen and oxygen atoms in total. The Morgan fingerprint density at radius 1 is 1.21 bits per heavy atom. The Balaban J connectivity index is 2.49. The van der Waals surface area contributed by atoms with Crippen LogP contribution in [-0.4, -0.2) is 20.1 Å². The Kier molecular flexibility index (Phi) is 3.80. The van der Waals surface area contributed by atoms with E-state index in [9.17, 15) is 9.18 Å². The fourth-order valence-electron chi connectivity index (χ4n) is 1.82. The lowest BCUT2D eigenvalue weighted by atomic mass is 10.0. The molecule has 1 N–H and O–H groups in total. The zero-order valence-electron chi connectivity index (χ0n) is 10.7. The van der Waals surface area contributed by atoms with Crippen molar-refractivity contribution in [2.75, 3.05) is 14.2 Å². The summed E-state index contributed by atoms with van der Waals surface area (Å²) in [5, 5.41) is 2.54. The van der Waals surface area contributed by atoms with Gasteiger partial charge in [-0.3, -0.25) is 4.79 Å². The van der Waals surface area contributed by atoms with Crippen LogP contribution in [-0.2, 0) is 0 Å². The number of hydrogen-bond donors (Lipinski definition) is 1. The third kappa shape index (κ3) is 2.73. The Morgan fingerprint density at radius 2 is 2.00 bits per heavy atom. The zero-order chi connectivity index (χ0) is 13.8. The van der Waals surface area contributed by atoms with E-state index in [4.69, 9.17) is 4.74 Å². The van der Waals surface area contributed by atoms with Gasteiger partial charge in [-0.05, 0) is 35.9 Å². The summed E-state index contributed by atoms with van der Waals surface area (Å²) in [7, 11) is 3.08. The first-order valence-corrected chi connectivity index (χ1v) is 5.81. The molecule has 2 rings (SSSR count). The summed E-state index contributed by atoms with van der Waals surface area (Å²) in [6, 6.07) is 11.3. The van der Waals surface area contributed by atoms with E-state index in [1.165, 1.54) is 13.2 Å². The van der Waals surface area contributed by atoms with Crippen LogP contribution in [0.5, 0.6) is 5.75 Å². The van der Waals surface area contributed by atoms with Crippen LogP contribution in [0.1, 0.15) is 10.4 Å². The quantitative estimate of drug-likeness (QED) is 0.920. The van der Waals surface area contributed by atoms with Crippen molar-refractivity contribution in [2.24, 2.45) is 0 Å². The van der Waals surface area contributed by atoms with E-state index >= 15 is 0 Å². The van der Waals surface area contributed by atoms with Crippen molar-refractivity contribution in [3.63, 3.8) is 0 Å². The van der Waals surface area contributed by atoms with Crippen LogP contribution in [0.15, 0.2) is 42.5 Å². The van der Waals surface area contributed by atoms with Crippen LogP contribution >= 0.6 is 0 Å². The SMILES string of the molecule is CNC(=O)c1cccc(-c2cc(OC)ccc2F)c1. The van der Waals surface area contributed by atoms with Gasteiger partial charge in [-0.15, -0.1) is 0 Å². The van der Waals surface area contributed by atoms with Crippen molar-refractivity contribution in [3.05, 3.63) is 53.8 Å². The number of nitrogens with one attached hydrogen (secondary N) is 1. The van der Waals surface area contributed by atoms with Crippen molar-refractivity contribution in [1.82, 2.24) is 5.32 Å². The maximum Gasteiger partial charge on any atom is 0.251 e. The summed E-state index contributed by atoms with van der Waals surface area (Å²) in [5.74, 6) is 0.0155. The van der Waals surface area contributed by atoms with E-state index in [-0.39, 0.29) is 11.7 Å². The van der Waals surface area contributed by atoms with E-state index in [2.05, 4.69) is 5.32 Å². The van der Waals surface area contributed by atoms with Gasteiger partial charge in [0.25, 0.3) is 5.91 Å². The minimum absolute atomic E-state index is 0.204. The van der Waals surface area contributed by atoms with Crippen molar-refractivity contribution in [3.8, 4) is 16.9 Å². The molecular weight excluding hydrogens is 245 g/mol. The highest BCUT2D eigenvalue weighted by Crippen LogP contribution is 2.27. The summed E-state index contributed by atoms with van der Waals surface area (Å²) >= 11 is 0. The Labute approximate surface area is 111 Å². The lowest BCUT2D eigenvalue weighted by Crippen LogP contribution is -2.17. The average molecular weight is 259 g/mol. The molecular formula is C15H14FNO2. The van der Waals surface area contributed by atoms with Gasteiger partial charge in [-0.2, -0.15) is 0 Å². The van der Waals surface area contributed by atoms with Crippen molar-refractivity contribution in [1.29, 1.82) is 0 Å². The van der Waals surface area contributed by atoms with Gasteiger partial charge in [0.15, 0.2) is 0 Å². The highest BCUT2D eigenvalue weighted by Gasteiger charge is 2.09. The van der Waals surface area contributed by atoms with Gasteiger partial charge >= 0.3 is 0 Å². The third-order valence-electron chi connectivity index (χ3n) is 2.84. The molecule has 0 heterocycles. The van der Waals surface area contributed by atoms with Crippen LogP contribution in [0.2, 0.25) is 0 Å². The fourth-order valence-corrected chi connectivity index (χ4v) is 1.82. The molecule has 2 aromatic carbocycles. The number of carbonyl (C=O) groups excluding carboxylic acids is 1. The maximum atomic E-state index is 13.9. The molecule has 0 aliphatic carbocycles. The topological polar surface area (TPSA) is 38.3 Å². The summed E-state index contributed by atoms with van der Waals surface area (Å²) in [5.41, 5.74) is 1.53. The number of methoxy groups -OCH3 is 1. The number of halogens is 1. The monoisotopic (exact) mass is 259 g/mol. The number of rotatable bonds is 3. The maximum absolute atomic E-state index is 13.9. The van der Waals surface area contributed by atoms with Gasteiger partial charge in [0.2, 0.25) is 0 Å². The lowest BCUT2D eigenvalue weighted by Gasteiger charge is -2.08. The molecule has 0 spiro atoms. The molecule has 0 aliphatic heterocycles. The van der Waals surface area contributed by atoms with Crippen LogP contribution < -0.4 is 10.1 Å². The van der Waals surface area contributed by atoms with Crippen molar-refractivity contribution in [2.45, 2.75) is 0 Å². The Hall–Kier alpha value is -2.36. The molecule has 0 fully saturated rings. The molecule has 1 amide bonds. The van der Waals surface area contributed by atoms with Gasteiger partial charge in [0.1, 0.15) is 11.6 Å². The largest absolute Gasteiger partial charge is 0.497 e. The minimum atomic E-state index is -0.352. The molecule has 98 valence electrons. The van der Waals surface area contributed by atoms with E-state index in [0.29, 0.717) is 22.4 Å². The third-order valence-corrected chi connectivity index (χ3v) is 2.84. The number of hydrogen-bond acceptors (Lipinski definition) is 2. The highest BCUT2D eigenvalue weighted by atomic mass is 19.1. The van der Waals surface area contributed by atoms with Gasteiger partial charge in [-0.25, -0.2) is 4.39 Å². The lowest BCUT2D eigenvalue weighted by molar-refractivity contribution is 0.0963. The predicted molar refractivity (Wildman–Crippen MR) is 71.8 cm³/mol. The second-order valence-corrected chi connectivity index (χ2v) is 4.01. The molecule has 0 bridgehead atoms. The average Bonchev–Trinajstić information content (AvgIpc) is 2.47. The molecule has 0 aromatic heterocycles. The predicted octanol–water partition coefficient (Wildman–Crippen LogP) is 2.86. The van der Waals surface area contributed by atoms with E-state index in [1.54, 1.807) is 43.4 Å². The fraction of sp³-hybridized carbons (Fsp3) is 0.133. The number of amides is 1. The van der Waals surface area contributed by atoms with Gasteiger partial charge in [-0.1, -0.05) is 12.1 Å². The number of carbonyl (C=O) groups is 1. The molecule has 0 atom stereocenters. The van der Waals surface area contributed by atoms with Crippen molar-refractivity contribution < 1.29 is 13.9 Å².